The van der Waals surface area contributed by atoms with E-state index >= 15 is 0 Å². The molecule has 0 radical (unpaired) electrons. The first-order chi connectivity index (χ1) is 18.9. The van der Waals surface area contributed by atoms with Gasteiger partial charge < -0.3 is 21.9 Å². The monoisotopic (exact) mass is 770 g/mol. The van der Waals surface area contributed by atoms with Gasteiger partial charge in [-0.3, -0.25) is 0 Å². The predicted molar refractivity (Wildman–Crippen MR) is 183 cm³/mol. The molecule has 1 aliphatic heterocycles. The van der Waals surface area contributed by atoms with Crippen LogP contribution in [-0.2, 0) is 31.8 Å². The molecule has 1 saturated heterocycles. The van der Waals surface area contributed by atoms with Crippen LogP contribution in [0.2, 0.25) is 0 Å². The van der Waals surface area contributed by atoms with Gasteiger partial charge in [0.1, 0.15) is 5.82 Å². The van der Waals surface area contributed by atoms with E-state index in [0.29, 0.717) is 4.90 Å². The number of aryl methyl sites for hydroxylation is 3. The van der Waals surface area contributed by atoms with E-state index in [1.165, 1.54) is 33.3 Å². The number of sulfone groups is 1. The van der Waals surface area contributed by atoms with Crippen LogP contribution >= 0.6 is 43.6 Å². The zero-order chi connectivity index (χ0) is 31.8. The van der Waals surface area contributed by atoms with Gasteiger partial charge in [-0.2, -0.15) is 6.26 Å². The smallest absolute Gasteiger partial charge is 0.796 e. The molecule has 12 heteroatoms. The summed E-state index contributed by atoms with van der Waals surface area (Å²) in [7, 11) is -3.66. The van der Waals surface area contributed by atoms with E-state index in [0.717, 1.165) is 21.1 Å². The third kappa shape index (κ3) is 12.5. The Morgan fingerprint density at radius 2 is 1.29 bits per heavy atom. The zero-order valence-corrected chi connectivity index (χ0v) is 33.9. The Kier molecular flexibility index (Phi) is 18.4. The fourth-order valence-corrected chi connectivity index (χ4v) is 5.16. The number of rotatable bonds is 3. The van der Waals surface area contributed by atoms with Crippen LogP contribution in [0.1, 0.15) is 44.4 Å². The third-order valence-electron chi connectivity index (χ3n) is 6.66. The van der Waals surface area contributed by atoms with Crippen molar-refractivity contribution in [2.75, 3.05) is 18.8 Å². The van der Waals surface area contributed by atoms with Gasteiger partial charge in [0.15, 0.2) is 9.84 Å². The summed E-state index contributed by atoms with van der Waals surface area (Å²) in [6.45, 7) is 13.8. The van der Waals surface area contributed by atoms with E-state index in [2.05, 4.69) is 75.9 Å². The molecule has 0 amide bonds. The molecule has 3 aromatic rings. The van der Waals surface area contributed by atoms with Crippen LogP contribution in [0, 0.1) is 26.6 Å². The van der Waals surface area contributed by atoms with E-state index < -0.39 is 28.2 Å². The molecule has 0 spiro atoms. The molecule has 0 atom stereocenters. The number of hydrogen-bond donors (Lipinski definition) is 0. The van der Waals surface area contributed by atoms with E-state index in [1.54, 1.807) is 42.3 Å². The van der Waals surface area contributed by atoms with Crippen LogP contribution in [0.3, 0.4) is 0 Å². The average Bonchev–Trinajstić information content (AvgIpc) is 3.11. The maximum absolute atomic E-state index is 12.3. The summed E-state index contributed by atoms with van der Waals surface area (Å²) in [5.41, 5.74) is 3.14. The SMILES string of the molecule is CSc1ccc(Br)c(C)c1.C[S-].Cc1cc(F)ccc1Br.Cc1cc(S(C)(=O)=O)ccc1B1OC(C)(C)C(C)(C)O1.[Na+]. The second-order valence-electron chi connectivity index (χ2n) is 10.4. The van der Waals surface area contributed by atoms with Gasteiger partial charge in [-0.1, -0.05) is 43.5 Å². The molecule has 0 saturated carbocycles. The van der Waals surface area contributed by atoms with E-state index in [9.17, 15) is 12.8 Å². The van der Waals surface area contributed by atoms with Gasteiger partial charge in [-0.15, -0.1) is 11.8 Å². The van der Waals surface area contributed by atoms with Crippen molar-refractivity contribution in [3.8, 4) is 0 Å². The summed E-state index contributed by atoms with van der Waals surface area (Å²) in [6.07, 6.45) is 4.87. The Morgan fingerprint density at radius 3 is 1.67 bits per heavy atom. The molecule has 0 aromatic heterocycles. The minimum atomic E-state index is -3.19. The van der Waals surface area contributed by atoms with Gasteiger partial charge >= 0.3 is 36.7 Å². The van der Waals surface area contributed by atoms with E-state index in [4.69, 9.17) is 9.31 Å². The zero-order valence-electron chi connectivity index (χ0n) is 26.3. The predicted octanol–water partition coefficient (Wildman–Crippen LogP) is 5.24. The largest absolute Gasteiger partial charge is 1.00 e. The summed E-state index contributed by atoms with van der Waals surface area (Å²) in [5.74, 6) is -0.185. The minimum Gasteiger partial charge on any atom is -0.796 e. The first-order valence-corrected chi connectivity index (χ1v) is 18.2. The van der Waals surface area contributed by atoms with Crippen molar-refractivity contribution in [2.24, 2.45) is 0 Å². The van der Waals surface area contributed by atoms with Crippen molar-refractivity contribution in [1.82, 2.24) is 0 Å². The molecule has 0 unspecified atom stereocenters. The molecule has 4 nitrogen and oxygen atoms in total. The first kappa shape index (κ1) is 42.2. The van der Waals surface area contributed by atoms with E-state index in [-0.39, 0.29) is 35.4 Å². The van der Waals surface area contributed by atoms with Gasteiger partial charge in [0.25, 0.3) is 0 Å². The van der Waals surface area contributed by atoms with Crippen LogP contribution in [0.4, 0.5) is 4.39 Å². The molecule has 1 fully saturated rings. The van der Waals surface area contributed by atoms with Crippen molar-refractivity contribution in [3.05, 3.63) is 86.1 Å². The molecule has 1 aliphatic rings. The third-order valence-corrected chi connectivity index (χ3v) is 10.3. The van der Waals surface area contributed by atoms with Crippen molar-refractivity contribution < 1.29 is 51.7 Å². The van der Waals surface area contributed by atoms with Gasteiger partial charge in [-0.25, -0.2) is 12.8 Å². The second kappa shape index (κ2) is 18.4. The molecule has 226 valence electrons. The Balaban J connectivity index is 0.000000642. The molecule has 42 heavy (non-hydrogen) atoms. The quantitative estimate of drug-likeness (QED) is 0.207. The molecular weight excluding hydrogens is 733 g/mol. The van der Waals surface area contributed by atoms with Crippen LogP contribution in [-0.4, -0.2) is 45.5 Å². The number of benzene rings is 3. The number of thioether (sulfide) groups is 1. The van der Waals surface area contributed by atoms with Crippen molar-refractivity contribution >= 4 is 78.7 Å². The topological polar surface area (TPSA) is 52.6 Å². The van der Waals surface area contributed by atoms with Gasteiger partial charge in [0, 0.05) is 20.1 Å². The molecule has 1 heterocycles. The van der Waals surface area contributed by atoms with Crippen molar-refractivity contribution in [3.63, 3.8) is 0 Å². The van der Waals surface area contributed by atoms with Crippen molar-refractivity contribution in [1.29, 1.82) is 0 Å². The molecule has 0 N–H and O–H groups in total. The summed E-state index contributed by atoms with van der Waals surface area (Å²) < 4.78 is 49.6. The summed E-state index contributed by atoms with van der Waals surface area (Å²) >= 11 is 12.6. The molecule has 0 bridgehead atoms. The molecule has 3 aromatic carbocycles. The molecule has 0 aliphatic carbocycles. The maximum atomic E-state index is 12.3. The average molecular weight is 772 g/mol. The fraction of sp³-hybridized carbons (Fsp3) is 0.400. The second-order valence-corrected chi connectivity index (χ2v) is 15.0. The molecular formula is C30H39BBr2FNaO4S3. The van der Waals surface area contributed by atoms with Gasteiger partial charge in [0.2, 0.25) is 0 Å². The Morgan fingerprint density at radius 1 is 0.810 bits per heavy atom. The van der Waals surface area contributed by atoms with Crippen LogP contribution < -0.4 is 35.0 Å². The number of hydrogen-bond acceptors (Lipinski definition) is 6. The Hall–Kier alpha value is 0.185. The summed E-state index contributed by atoms with van der Waals surface area (Å²) in [5, 5.41) is 0. The number of halogens is 3. The summed E-state index contributed by atoms with van der Waals surface area (Å²) in [6, 6.07) is 16.0. The first-order valence-electron chi connectivity index (χ1n) is 12.7. The van der Waals surface area contributed by atoms with Crippen LogP contribution in [0.5, 0.6) is 0 Å². The molecule has 4 rings (SSSR count). The normalized spacial score (nSPS) is 14.7. The standard InChI is InChI=1S/C14H21BO4S.C8H9BrS.C7H6BrF.CH4S.Na/c1-10-9-11(20(6,16)17)7-8-12(10)15-18-13(2,3)14(4,5)19-15;1-6-5-7(10-2)3-4-8(6)9;1-5-4-6(9)2-3-7(5)8;1-2;/h7-9H,1-6H3;3-5H,1-2H3;2-4H,1H3;2H,1H3;/q;;;;+1/p-1. The maximum Gasteiger partial charge on any atom is 1.00 e. The van der Waals surface area contributed by atoms with E-state index in [1.807, 2.05) is 41.5 Å². The van der Waals surface area contributed by atoms with Crippen molar-refractivity contribution in [2.45, 2.75) is 69.5 Å². The Labute approximate surface area is 301 Å². The minimum absolute atomic E-state index is 0. The van der Waals surface area contributed by atoms with Crippen LogP contribution in [0.25, 0.3) is 0 Å². The summed E-state index contributed by atoms with van der Waals surface area (Å²) in [4.78, 5) is 1.64. The van der Waals surface area contributed by atoms with Gasteiger partial charge in [-0.05, 0) is 120 Å². The van der Waals surface area contributed by atoms with Gasteiger partial charge in [0.05, 0.1) is 16.1 Å². The van der Waals surface area contributed by atoms with Crippen LogP contribution in [0.15, 0.2) is 73.3 Å². The Bertz CT molecular complexity index is 1410. The fourth-order valence-electron chi connectivity index (χ4n) is 3.47.